The highest BCUT2D eigenvalue weighted by Gasteiger charge is 2.27. The number of hydrogen-bond donors (Lipinski definition) is 3. The quantitative estimate of drug-likeness (QED) is 0.482. The second-order valence-electron chi connectivity index (χ2n) is 7.31. The Hall–Kier alpha value is -2.41. The number of sulfonamides is 1. The molecule has 1 unspecified atom stereocenters. The summed E-state index contributed by atoms with van der Waals surface area (Å²) in [5.74, 6) is 0.298. The van der Waals surface area contributed by atoms with Gasteiger partial charge in [-0.3, -0.25) is 0 Å². The summed E-state index contributed by atoms with van der Waals surface area (Å²) >= 11 is 1.18. The van der Waals surface area contributed by atoms with E-state index >= 15 is 0 Å². The number of thiophene rings is 1. The minimum absolute atomic E-state index is 0.201. The number of benzene rings is 1. The molecule has 1 saturated heterocycles. The molecular formula is C20H23N5O4S2. The maximum atomic E-state index is 12.9. The molecule has 1 aromatic carbocycles. The molecule has 9 nitrogen and oxygen atoms in total. The van der Waals surface area contributed by atoms with Crippen LogP contribution in [0.4, 0.5) is 17.3 Å². The van der Waals surface area contributed by atoms with Gasteiger partial charge in [0.1, 0.15) is 4.21 Å². The molecule has 3 heterocycles. The van der Waals surface area contributed by atoms with E-state index in [1.807, 2.05) is 0 Å². The molecule has 0 amide bonds. The molecule has 3 aromatic rings. The Balaban J connectivity index is 1.56. The molecule has 2 aromatic heterocycles. The molecular weight excluding hydrogens is 438 g/mol. The van der Waals surface area contributed by atoms with Gasteiger partial charge in [-0.2, -0.15) is 9.53 Å². The van der Waals surface area contributed by atoms with Gasteiger partial charge in [0.15, 0.2) is 5.69 Å². The fourth-order valence-electron chi connectivity index (χ4n) is 3.44. The minimum atomic E-state index is -3.49. The Morgan fingerprint density at radius 1 is 1.16 bits per heavy atom. The number of aryl methyl sites for hydroxylation is 1. The van der Waals surface area contributed by atoms with Gasteiger partial charge in [0.05, 0.1) is 10.6 Å². The molecule has 1 aliphatic rings. The van der Waals surface area contributed by atoms with Crippen molar-refractivity contribution in [2.45, 2.75) is 30.4 Å². The molecule has 0 saturated carbocycles. The summed E-state index contributed by atoms with van der Waals surface area (Å²) in [5, 5.41) is 22.7. The maximum absolute atomic E-state index is 12.9. The Morgan fingerprint density at radius 3 is 2.68 bits per heavy atom. The molecule has 1 fully saturated rings. The first-order valence-corrected chi connectivity index (χ1v) is 12.1. The third-order valence-electron chi connectivity index (χ3n) is 5.12. The third-order valence-corrected chi connectivity index (χ3v) is 8.60. The summed E-state index contributed by atoms with van der Waals surface area (Å²) < 4.78 is 27.7. The van der Waals surface area contributed by atoms with Crippen molar-refractivity contribution in [1.29, 1.82) is 0 Å². The lowest BCUT2D eigenvalue weighted by Crippen LogP contribution is -2.99. The van der Waals surface area contributed by atoms with Gasteiger partial charge < -0.3 is 10.5 Å². The highest BCUT2D eigenvalue weighted by Crippen LogP contribution is 2.32. The summed E-state index contributed by atoms with van der Waals surface area (Å²) in [6, 6.07) is 10.1. The van der Waals surface area contributed by atoms with Crippen LogP contribution in [-0.4, -0.2) is 41.0 Å². The summed E-state index contributed by atoms with van der Waals surface area (Å²) in [4.78, 5) is 9.39. The fraction of sp³-hybridized carbons (Fsp3) is 0.300. The Labute approximate surface area is 184 Å². The predicted octanol–water partition coefficient (Wildman–Crippen LogP) is 2.84. The predicted molar refractivity (Wildman–Crippen MR) is 118 cm³/mol. The van der Waals surface area contributed by atoms with Crippen molar-refractivity contribution in [3.05, 3.63) is 53.4 Å². The van der Waals surface area contributed by atoms with E-state index in [1.54, 1.807) is 47.8 Å². The monoisotopic (exact) mass is 461 g/mol. The number of piperidine rings is 1. The highest BCUT2D eigenvalue weighted by molar-refractivity contribution is 7.91. The van der Waals surface area contributed by atoms with Crippen LogP contribution in [0.3, 0.4) is 0 Å². The van der Waals surface area contributed by atoms with E-state index in [0.717, 1.165) is 24.1 Å². The molecule has 0 aliphatic carbocycles. The average molecular weight is 462 g/mol. The zero-order valence-electron chi connectivity index (χ0n) is 16.9. The van der Waals surface area contributed by atoms with E-state index in [2.05, 4.69) is 15.3 Å². The van der Waals surface area contributed by atoms with E-state index in [4.69, 9.17) is 0 Å². The molecule has 0 spiro atoms. The number of aromatic nitrogens is 2. The number of rotatable bonds is 6. The minimum Gasteiger partial charge on any atom is -0.595 e. The van der Waals surface area contributed by atoms with Crippen molar-refractivity contribution < 1.29 is 18.9 Å². The Morgan fingerprint density at radius 2 is 1.94 bits per heavy atom. The number of anilines is 2. The molecule has 164 valence electrons. The van der Waals surface area contributed by atoms with Gasteiger partial charge in [0.2, 0.25) is 5.95 Å². The first-order chi connectivity index (χ1) is 14.8. The lowest BCUT2D eigenvalue weighted by molar-refractivity contribution is -0.991. The molecule has 0 bridgehead atoms. The van der Waals surface area contributed by atoms with E-state index in [1.165, 1.54) is 17.4 Å². The third kappa shape index (κ3) is 4.76. The molecule has 3 N–H and O–H groups in total. The standard InChI is InChI=1S/C20H23N5O4S2/c1-14-5-6-15(13-17(14)25(26)27)22-20-21-10-9-16(23-20)18-7-8-19(30-18)31(28,29)24-11-3-2-4-12-24/h5-10,13,25-26H,2-4,11-12H2,1H3,(H,21,22,23). The van der Waals surface area contributed by atoms with Crippen LogP contribution in [0.15, 0.2) is 46.8 Å². The molecule has 1 atom stereocenters. The lowest BCUT2D eigenvalue weighted by Gasteiger charge is -2.25. The zero-order chi connectivity index (χ0) is 22.0. The molecule has 0 radical (unpaired) electrons. The van der Waals surface area contributed by atoms with Gasteiger partial charge >= 0.3 is 0 Å². The van der Waals surface area contributed by atoms with Crippen LogP contribution >= 0.6 is 11.3 Å². The van der Waals surface area contributed by atoms with Gasteiger partial charge in [-0.05, 0) is 44.0 Å². The van der Waals surface area contributed by atoms with E-state index in [0.29, 0.717) is 40.2 Å². The Bertz CT molecular complexity index is 1170. The summed E-state index contributed by atoms with van der Waals surface area (Å²) in [5.41, 5.74) is 2.01. The number of quaternary nitrogens is 1. The van der Waals surface area contributed by atoms with Gasteiger partial charge in [-0.25, -0.2) is 23.6 Å². The van der Waals surface area contributed by atoms with E-state index in [-0.39, 0.29) is 5.69 Å². The van der Waals surface area contributed by atoms with Crippen molar-refractivity contribution in [2.75, 3.05) is 18.4 Å². The molecule has 31 heavy (non-hydrogen) atoms. The van der Waals surface area contributed by atoms with E-state index in [9.17, 15) is 18.8 Å². The summed E-state index contributed by atoms with van der Waals surface area (Å²) in [6.07, 6.45) is 4.42. The van der Waals surface area contributed by atoms with Gasteiger partial charge in [-0.1, -0.05) is 12.5 Å². The topological polar surface area (TPSA) is 123 Å². The van der Waals surface area contributed by atoms with Crippen LogP contribution < -0.4 is 10.5 Å². The number of nitrogens with zero attached hydrogens (tertiary/aromatic N) is 3. The summed E-state index contributed by atoms with van der Waals surface area (Å²) in [7, 11) is -3.49. The second kappa shape index (κ2) is 8.99. The van der Waals surface area contributed by atoms with E-state index < -0.39 is 15.2 Å². The van der Waals surface area contributed by atoms with Crippen LogP contribution in [0.5, 0.6) is 0 Å². The van der Waals surface area contributed by atoms with Crippen LogP contribution in [0, 0.1) is 12.1 Å². The first-order valence-electron chi connectivity index (χ1n) is 9.89. The SMILES string of the molecule is Cc1ccc(Nc2nccc(-c3ccc(S(=O)(=O)N4CCCCC4)s3)n2)cc1[NH+]([O-])O. The normalized spacial score (nSPS) is 16.2. The largest absolute Gasteiger partial charge is 0.595 e. The number of nitrogens with one attached hydrogen (secondary N) is 2. The Kier molecular flexibility index (Phi) is 6.32. The van der Waals surface area contributed by atoms with Crippen molar-refractivity contribution in [3.8, 4) is 10.6 Å². The van der Waals surface area contributed by atoms with Gasteiger partial charge in [-0.15, -0.1) is 11.3 Å². The number of hydrogen-bond acceptors (Lipinski definition) is 8. The van der Waals surface area contributed by atoms with Crippen LogP contribution in [0.1, 0.15) is 24.8 Å². The smallest absolute Gasteiger partial charge is 0.252 e. The van der Waals surface area contributed by atoms with Crippen molar-refractivity contribution in [1.82, 2.24) is 14.3 Å². The zero-order valence-corrected chi connectivity index (χ0v) is 18.5. The van der Waals surface area contributed by atoms with Gasteiger partial charge in [0.25, 0.3) is 10.0 Å². The lowest BCUT2D eigenvalue weighted by atomic mass is 10.2. The van der Waals surface area contributed by atoms with Gasteiger partial charge in [0, 0.05) is 36.6 Å². The van der Waals surface area contributed by atoms with Crippen molar-refractivity contribution in [3.63, 3.8) is 0 Å². The maximum Gasteiger partial charge on any atom is 0.252 e. The second-order valence-corrected chi connectivity index (χ2v) is 10.6. The average Bonchev–Trinajstić information content (AvgIpc) is 3.27. The molecule has 11 heteroatoms. The van der Waals surface area contributed by atoms with Crippen molar-refractivity contribution >= 4 is 38.7 Å². The van der Waals surface area contributed by atoms with Crippen LogP contribution in [0.2, 0.25) is 0 Å². The molecule has 1 aliphatic heterocycles. The molecule has 4 rings (SSSR count). The highest BCUT2D eigenvalue weighted by atomic mass is 32.2. The first kappa shape index (κ1) is 21.8. The van der Waals surface area contributed by atoms with Crippen LogP contribution in [0.25, 0.3) is 10.6 Å². The van der Waals surface area contributed by atoms with Crippen molar-refractivity contribution in [2.24, 2.45) is 0 Å². The van der Waals surface area contributed by atoms with Crippen LogP contribution in [-0.2, 0) is 10.0 Å². The summed E-state index contributed by atoms with van der Waals surface area (Å²) in [6.45, 7) is 2.86. The fourth-order valence-corrected chi connectivity index (χ4v) is 6.39.